The minimum absolute atomic E-state index is 0.0812. The van der Waals surface area contributed by atoms with Gasteiger partial charge in [0, 0.05) is 10.8 Å². The molecule has 2 aliphatic rings. The highest BCUT2D eigenvalue weighted by Gasteiger charge is 2.27. The standard InChI is InChI=1S/C22H23N3OS/c26-21(14-8-2-1-3-9-14)25-22-19(15-10-4-7-13-18(15)27-22)20-23-16-11-5-6-12-17(16)24-20/h1-2,5-6,11-12,14H,3-4,7-10,13H2,(H,23,24)(H,25,26). The first-order valence-corrected chi connectivity index (χ1v) is 10.7. The maximum absolute atomic E-state index is 12.9. The Morgan fingerprint density at radius 2 is 2.07 bits per heavy atom. The van der Waals surface area contributed by atoms with Gasteiger partial charge in [-0.05, 0) is 62.6 Å². The SMILES string of the molecule is O=C(Nc1sc2c(c1-c1nc3ccccc3[nH]1)CCCC2)C1CC=CCC1. The summed E-state index contributed by atoms with van der Waals surface area (Å²) in [6, 6.07) is 8.11. The van der Waals surface area contributed by atoms with Crippen molar-refractivity contribution in [1.29, 1.82) is 0 Å². The van der Waals surface area contributed by atoms with Gasteiger partial charge in [0.2, 0.25) is 5.91 Å². The summed E-state index contributed by atoms with van der Waals surface area (Å²) in [5.41, 5.74) is 4.51. The number of imidazole rings is 1. The van der Waals surface area contributed by atoms with Crippen molar-refractivity contribution in [3.63, 3.8) is 0 Å². The highest BCUT2D eigenvalue weighted by Crippen LogP contribution is 2.44. The summed E-state index contributed by atoms with van der Waals surface area (Å²) < 4.78 is 0. The molecule has 2 aliphatic carbocycles. The average Bonchev–Trinajstić information content (AvgIpc) is 3.29. The first-order valence-electron chi connectivity index (χ1n) is 9.85. The molecule has 0 bridgehead atoms. The Morgan fingerprint density at radius 3 is 2.93 bits per heavy atom. The zero-order valence-corrected chi connectivity index (χ0v) is 16.1. The normalized spacial score (nSPS) is 19.2. The summed E-state index contributed by atoms with van der Waals surface area (Å²) in [4.78, 5) is 22.6. The van der Waals surface area contributed by atoms with Gasteiger partial charge in [0.25, 0.3) is 0 Å². The lowest BCUT2D eigenvalue weighted by Crippen LogP contribution is -2.23. The summed E-state index contributed by atoms with van der Waals surface area (Å²) in [7, 11) is 0. The van der Waals surface area contributed by atoms with Crippen molar-refractivity contribution in [3.05, 3.63) is 46.9 Å². The number of aryl methyl sites for hydroxylation is 1. The molecule has 2 aromatic heterocycles. The molecule has 1 unspecified atom stereocenters. The van der Waals surface area contributed by atoms with E-state index in [0.29, 0.717) is 0 Å². The third kappa shape index (κ3) is 3.10. The second-order valence-electron chi connectivity index (χ2n) is 7.49. The zero-order valence-electron chi connectivity index (χ0n) is 15.3. The topological polar surface area (TPSA) is 57.8 Å². The molecule has 1 aromatic carbocycles. The Kier molecular flexibility index (Phi) is 4.32. The van der Waals surface area contributed by atoms with Gasteiger partial charge < -0.3 is 10.3 Å². The first kappa shape index (κ1) is 16.8. The molecule has 0 saturated carbocycles. The Labute approximate surface area is 162 Å². The molecule has 5 rings (SSSR count). The first-order chi connectivity index (χ1) is 13.3. The second kappa shape index (κ2) is 6.97. The van der Waals surface area contributed by atoms with Crippen LogP contribution in [0.2, 0.25) is 0 Å². The van der Waals surface area contributed by atoms with Crippen molar-refractivity contribution in [2.75, 3.05) is 5.32 Å². The number of aromatic nitrogens is 2. The average molecular weight is 378 g/mol. The van der Waals surface area contributed by atoms with E-state index in [2.05, 4.69) is 28.5 Å². The summed E-state index contributed by atoms with van der Waals surface area (Å²) in [6.07, 6.45) is 11.7. The number of carbonyl (C=O) groups is 1. The van der Waals surface area contributed by atoms with Gasteiger partial charge in [0.1, 0.15) is 10.8 Å². The van der Waals surface area contributed by atoms with E-state index in [1.54, 1.807) is 11.3 Å². The van der Waals surface area contributed by atoms with E-state index in [-0.39, 0.29) is 11.8 Å². The van der Waals surface area contributed by atoms with Crippen LogP contribution in [0.4, 0.5) is 5.00 Å². The molecule has 2 heterocycles. The molecule has 1 atom stereocenters. The Morgan fingerprint density at radius 1 is 1.19 bits per heavy atom. The molecule has 0 radical (unpaired) electrons. The van der Waals surface area contributed by atoms with Gasteiger partial charge in [-0.15, -0.1) is 11.3 Å². The van der Waals surface area contributed by atoms with Crippen LogP contribution in [0.3, 0.4) is 0 Å². The summed E-state index contributed by atoms with van der Waals surface area (Å²) in [5.74, 6) is 1.11. The van der Waals surface area contributed by atoms with Crippen LogP contribution in [0.5, 0.6) is 0 Å². The molecule has 27 heavy (non-hydrogen) atoms. The molecule has 1 amide bonds. The quantitative estimate of drug-likeness (QED) is 0.595. The lowest BCUT2D eigenvalue weighted by molar-refractivity contribution is -0.120. The monoisotopic (exact) mass is 377 g/mol. The number of rotatable bonds is 3. The number of aromatic amines is 1. The minimum atomic E-state index is 0.0812. The Bertz CT molecular complexity index is 997. The lowest BCUT2D eigenvalue weighted by Gasteiger charge is -2.17. The molecule has 4 nitrogen and oxygen atoms in total. The van der Waals surface area contributed by atoms with E-state index in [0.717, 1.165) is 59.5 Å². The third-order valence-electron chi connectivity index (χ3n) is 5.67. The van der Waals surface area contributed by atoms with Gasteiger partial charge >= 0.3 is 0 Å². The van der Waals surface area contributed by atoms with E-state index in [1.165, 1.54) is 23.3 Å². The van der Waals surface area contributed by atoms with Crippen LogP contribution in [0.1, 0.15) is 42.5 Å². The number of fused-ring (bicyclic) bond motifs is 2. The number of para-hydroxylation sites is 2. The minimum Gasteiger partial charge on any atom is -0.338 e. The number of thiophene rings is 1. The molecule has 0 saturated heterocycles. The Hall–Kier alpha value is -2.40. The molecule has 0 spiro atoms. The van der Waals surface area contributed by atoms with Gasteiger partial charge in [-0.1, -0.05) is 24.3 Å². The van der Waals surface area contributed by atoms with Crippen molar-refractivity contribution in [2.24, 2.45) is 5.92 Å². The fourth-order valence-corrected chi connectivity index (χ4v) is 5.52. The number of carbonyl (C=O) groups excluding carboxylic acids is 1. The van der Waals surface area contributed by atoms with Crippen LogP contribution in [0.15, 0.2) is 36.4 Å². The fourth-order valence-electron chi connectivity index (χ4n) is 4.22. The van der Waals surface area contributed by atoms with Crippen molar-refractivity contribution in [1.82, 2.24) is 9.97 Å². The molecule has 2 N–H and O–H groups in total. The lowest BCUT2D eigenvalue weighted by atomic mass is 9.93. The molecule has 3 aromatic rings. The van der Waals surface area contributed by atoms with Crippen molar-refractivity contribution in [3.8, 4) is 11.4 Å². The number of allylic oxidation sites excluding steroid dienone is 2. The molecule has 138 valence electrons. The van der Waals surface area contributed by atoms with Crippen LogP contribution >= 0.6 is 11.3 Å². The number of H-pyrrole nitrogens is 1. The van der Waals surface area contributed by atoms with Gasteiger partial charge in [-0.2, -0.15) is 0 Å². The van der Waals surface area contributed by atoms with Crippen LogP contribution in [0.25, 0.3) is 22.4 Å². The van der Waals surface area contributed by atoms with E-state index in [9.17, 15) is 4.79 Å². The van der Waals surface area contributed by atoms with Crippen LogP contribution in [-0.2, 0) is 17.6 Å². The summed E-state index contributed by atoms with van der Waals surface area (Å²) in [5, 5.41) is 4.24. The molecular weight excluding hydrogens is 354 g/mol. The van der Waals surface area contributed by atoms with Crippen molar-refractivity contribution < 1.29 is 4.79 Å². The second-order valence-corrected chi connectivity index (χ2v) is 8.59. The highest BCUT2D eigenvalue weighted by molar-refractivity contribution is 7.17. The predicted molar refractivity (Wildman–Crippen MR) is 111 cm³/mol. The molecule has 5 heteroatoms. The summed E-state index contributed by atoms with van der Waals surface area (Å²) >= 11 is 1.75. The Balaban J connectivity index is 1.55. The van der Waals surface area contributed by atoms with E-state index in [4.69, 9.17) is 4.98 Å². The maximum atomic E-state index is 12.9. The third-order valence-corrected chi connectivity index (χ3v) is 6.88. The predicted octanol–water partition coefficient (Wildman–Crippen LogP) is 5.47. The molecule has 0 aliphatic heterocycles. The largest absolute Gasteiger partial charge is 0.338 e. The number of nitrogens with zero attached hydrogens (tertiary/aromatic N) is 1. The fraction of sp³-hybridized carbons (Fsp3) is 0.364. The number of benzene rings is 1. The van der Waals surface area contributed by atoms with E-state index in [1.807, 2.05) is 18.2 Å². The van der Waals surface area contributed by atoms with E-state index >= 15 is 0 Å². The van der Waals surface area contributed by atoms with Crippen LogP contribution in [-0.4, -0.2) is 15.9 Å². The number of anilines is 1. The van der Waals surface area contributed by atoms with Gasteiger partial charge in [0.15, 0.2) is 0 Å². The van der Waals surface area contributed by atoms with Gasteiger partial charge in [-0.3, -0.25) is 4.79 Å². The number of nitrogens with one attached hydrogen (secondary N) is 2. The van der Waals surface area contributed by atoms with Gasteiger partial charge in [0.05, 0.1) is 16.6 Å². The number of hydrogen-bond donors (Lipinski definition) is 2. The van der Waals surface area contributed by atoms with Crippen molar-refractivity contribution in [2.45, 2.75) is 44.9 Å². The highest BCUT2D eigenvalue weighted by atomic mass is 32.1. The van der Waals surface area contributed by atoms with Crippen LogP contribution < -0.4 is 5.32 Å². The smallest absolute Gasteiger partial charge is 0.228 e. The number of hydrogen-bond acceptors (Lipinski definition) is 3. The molecular formula is C22H23N3OS. The number of amides is 1. The maximum Gasteiger partial charge on any atom is 0.228 e. The molecule has 0 fully saturated rings. The van der Waals surface area contributed by atoms with Crippen LogP contribution in [0, 0.1) is 5.92 Å². The summed E-state index contributed by atoms with van der Waals surface area (Å²) in [6.45, 7) is 0. The van der Waals surface area contributed by atoms with Crippen molar-refractivity contribution >= 4 is 33.3 Å². The van der Waals surface area contributed by atoms with E-state index < -0.39 is 0 Å². The van der Waals surface area contributed by atoms with Gasteiger partial charge in [-0.25, -0.2) is 4.98 Å². The zero-order chi connectivity index (χ0) is 18.2.